The largest absolute Gasteiger partial charge is 0.338 e. The van der Waals surface area contributed by atoms with Gasteiger partial charge in [-0.25, -0.2) is 4.98 Å². The summed E-state index contributed by atoms with van der Waals surface area (Å²) in [4.78, 5) is 19.4. The highest BCUT2D eigenvalue weighted by atomic mass is 35.5. The van der Waals surface area contributed by atoms with Crippen molar-refractivity contribution < 1.29 is 4.79 Å². The minimum Gasteiger partial charge on any atom is -0.338 e. The first-order valence-corrected chi connectivity index (χ1v) is 9.02. The molecule has 2 aromatic heterocycles. The molecule has 3 heterocycles. The number of rotatable bonds is 4. The summed E-state index contributed by atoms with van der Waals surface area (Å²) < 4.78 is 2.08. The maximum absolute atomic E-state index is 13.0. The number of carbonyl (C=O) groups is 1. The van der Waals surface area contributed by atoms with E-state index in [9.17, 15) is 4.79 Å². The predicted octanol–water partition coefficient (Wildman–Crippen LogP) is 3.47. The summed E-state index contributed by atoms with van der Waals surface area (Å²) in [5.41, 5.74) is 2.85. The van der Waals surface area contributed by atoms with E-state index in [4.69, 9.17) is 0 Å². The standard InChI is InChI=1S/C17H24N4OS.2ClH/c1-12-9-15(13(2)21(12)17-19-6-8-23-17)16(22)20-7-4-5-14(11-20)10-18-3;;/h6,8-9,14,18H,4-5,7,10-11H2,1-3H3;2*1H. The van der Waals surface area contributed by atoms with E-state index in [1.165, 1.54) is 6.42 Å². The molecule has 0 aliphatic carbocycles. The molecule has 1 amide bonds. The van der Waals surface area contributed by atoms with Gasteiger partial charge in [0.2, 0.25) is 0 Å². The summed E-state index contributed by atoms with van der Waals surface area (Å²) in [5.74, 6) is 0.710. The van der Waals surface area contributed by atoms with Gasteiger partial charge in [0.05, 0.1) is 5.56 Å². The number of nitrogens with zero attached hydrogens (tertiary/aromatic N) is 3. The monoisotopic (exact) mass is 404 g/mol. The molecule has 0 saturated carbocycles. The molecule has 5 nitrogen and oxygen atoms in total. The van der Waals surface area contributed by atoms with Gasteiger partial charge >= 0.3 is 0 Å². The summed E-state index contributed by atoms with van der Waals surface area (Å²) in [7, 11) is 1.97. The van der Waals surface area contributed by atoms with Crippen LogP contribution in [0.25, 0.3) is 5.13 Å². The van der Waals surface area contributed by atoms with Crippen LogP contribution in [0.4, 0.5) is 0 Å². The van der Waals surface area contributed by atoms with Gasteiger partial charge in [-0.2, -0.15) is 0 Å². The maximum Gasteiger partial charge on any atom is 0.255 e. The molecule has 1 atom stereocenters. The molecule has 8 heteroatoms. The summed E-state index contributed by atoms with van der Waals surface area (Å²) in [5, 5.41) is 6.11. The Balaban J connectivity index is 0.00000156. The van der Waals surface area contributed by atoms with E-state index >= 15 is 0 Å². The molecule has 3 rings (SSSR count). The molecule has 1 N–H and O–H groups in total. The number of nitrogens with one attached hydrogen (secondary N) is 1. The first-order valence-electron chi connectivity index (χ1n) is 8.14. The van der Waals surface area contributed by atoms with Crippen LogP contribution in [-0.2, 0) is 0 Å². The predicted molar refractivity (Wildman–Crippen MR) is 108 cm³/mol. The van der Waals surface area contributed by atoms with Crippen LogP contribution >= 0.6 is 36.2 Å². The van der Waals surface area contributed by atoms with Crippen LogP contribution in [0.2, 0.25) is 0 Å². The van der Waals surface area contributed by atoms with Gasteiger partial charge in [0.1, 0.15) is 0 Å². The fourth-order valence-electron chi connectivity index (χ4n) is 3.48. The van der Waals surface area contributed by atoms with E-state index in [0.717, 1.165) is 48.1 Å². The molecular weight excluding hydrogens is 379 g/mol. The number of halogens is 2. The summed E-state index contributed by atoms with van der Waals surface area (Å²) in [6.07, 6.45) is 4.08. The quantitative estimate of drug-likeness (QED) is 0.848. The third-order valence-corrected chi connectivity index (χ3v) is 5.33. The normalized spacial score (nSPS) is 16.9. The molecule has 1 aliphatic heterocycles. The second-order valence-corrected chi connectivity index (χ2v) is 7.13. The van der Waals surface area contributed by atoms with Gasteiger partial charge in [-0.05, 0) is 52.3 Å². The Bertz CT molecular complexity index is 685. The Hall–Kier alpha value is -1.08. The van der Waals surface area contributed by atoms with Crippen molar-refractivity contribution in [3.8, 4) is 5.13 Å². The Morgan fingerprint density at radius 3 is 2.80 bits per heavy atom. The number of piperidine rings is 1. The zero-order chi connectivity index (χ0) is 16.4. The zero-order valence-electron chi connectivity index (χ0n) is 14.8. The average molecular weight is 405 g/mol. The second-order valence-electron chi connectivity index (χ2n) is 6.25. The van der Waals surface area contributed by atoms with Gasteiger partial charge in [-0.3, -0.25) is 9.36 Å². The van der Waals surface area contributed by atoms with Crippen molar-refractivity contribution in [2.24, 2.45) is 5.92 Å². The van der Waals surface area contributed by atoms with Gasteiger partial charge in [0.25, 0.3) is 5.91 Å². The van der Waals surface area contributed by atoms with E-state index in [1.54, 1.807) is 17.5 Å². The van der Waals surface area contributed by atoms with E-state index < -0.39 is 0 Å². The van der Waals surface area contributed by atoms with Crippen LogP contribution in [0.5, 0.6) is 0 Å². The number of aromatic nitrogens is 2. The minimum absolute atomic E-state index is 0. The van der Waals surface area contributed by atoms with Crippen LogP contribution in [0.15, 0.2) is 17.6 Å². The zero-order valence-corrected chi connectivity index (χ0v) is 17.3. The van der Waals surface area contributed by atoms with Crippen LogP contribution in [0.1, 0.15) is 34.6 Å². The third kappa shape index (κ3) is 4.56. The molecule has 25 heavy (non-hydrogen) atoms. The minimum atomic E-state index is 0. The van der Waals surface area contributed by atoms with Crippen molar-refractivity contribution in [2.75, 3.05) is 26.7 Å². The number of likely N-dealkylation sites (tertiary alicyclic amines) is 1. The van der Waals surface area contributed by atoms with Crippen LogP contribution in [0, 0.1) is 19.8 Å². The topological polar surface area (TPSA) is 50.2 Å². The highest BCUT2D eigenvalue weighted by Crippen LogP contribution is 2.25. The molecule has 1 saturated heterocycles. The Morgan fingerprint density at radius 2 is 2.16 bits per heavy atom. The lowest BCUT2D eigenvalue weighted by Gasteiger charge is -2.32. The first kappa shape index (κ1) is 22.0. The molecule has 1 aliphatic rings. The third-order valence-electron chi connectivity index (χ3n) is 4.57. The fourth-order valence-corrected chi connectivity index (χ4v) is 4.23. The van der Waals surface area contributed by atoms with Crippen molar-refractivity contribution in [2.45, 2.75) is 26.7 Å². The lowest BCUT2D eigenvalue weighted by atomic mass is 9.97. The maximum atomic E-state index is 13.0. The van der Waals surface area contributed by atoms with Crippen LogP contribution in [-0.4, -0.2) is 47.0 Å². The second kappa shape index (κ2) is 9.57. The summed E-state index contributed by atoms with van der Waals surface area (Å²) in [6, 6.07) is 2.00. The number of hydrogen-bond acceptors (Lipinski definition) is 4. The van der Waals surface area contributed by atoms with E-state index in [1.807, 2.05) is 37.2 Å². The van der Waals surface area contributed by atoms with Gasteiger partial charge < -0.3 is 10.2 Å². The molecule has 2 aromatic rings. The first-order chi connectivity index (χ1) is 11.1. The van der Waals surface area contributed by atoms with Crippen LogP contribution in [0.3, 0.4) is 0 Å². The number of hydrogen-bond donors (Lipinski definition) is 1. The molecule has 0 bridgehead atoms. The molecular formula is C17H26Cl2N4OS. The van der Waals surface area contributed by atoms with Crippen molar-refractivity contribution in [3.05, 3.63) is 34.6 Å². The Kier molecular flexibility index (Phi) is 8.41. The highest BCUT2D eigenvalue weighted by Gasteiger charge is 2.27. The molecule has 140 valence electrons. The molecule has 1 fully saturated rings. The number of aryl methyl sites for hydroxylation is 1. The molecule has 0 spiro atoms. The van der Waals surface area contributed by atoms with E-state index in [0.29, 0.717) is 5.92 Å². The molecule has 1 unspecified atom stereocenters. The van der Waals surface area contributed by atoms with E-state index in [2.05, 4.69) is 14.9 Å². The van der Waals surface area contributed by atoms with Crippen molar-refractivity contribution in [1.82, 2.24) is 19.8 Å². The van der Waals surface area contributed by atoms with Gasteiger partial charge in [0, 0.05) is 36.1 Å². The van der Waals surface area contributed by atoms with Crippen molar-refractivity contribution in [3.63, 3.8) is 0 Å². The Morgan fingerprint density at radius 1 is 1.40 bits per heavy atom. The van der Waals surface area contributed by atoms with E-state index in [-0.39, 0.29) is 30.7 Å². The van der Waals surface area contributed by atoms with Crippen molar-refractivity contribution >= 4 is 42.1 Å². The summed E-state index contributed by atoms with van der Waals surface area (Å²) >= 11 is 1.59. The SMILES string of the molecule is CNCC1CCCN(C(=O)c2cc(C)n(-c3nccs3)c2C)C1.Cl.Cl. The fraction of sp³-hybridized carbons (Fsp3) is 0.529. The molecule has 0 aromatic carbocycles. The van der Waals surface area contributed by atoms with Crippen LogP contribution < -0.4 is 5.32 Å². The molecule has 0 radical (unpaired) electrons. The average Bonchev–Trinajstić information content (AvgIpc) is 3.15. The summed E-state index contributed by atoms with van der Waals surface area (Å²) in [6.45, 7) is 6.73. The van der Waals surface area contributed by atoms with Gasteiger partial charge in [0.15, 0.2) is 5.13 Å². The lowest BCUT2D eigenvalue weighted by Crippen LogP contribution is -2.42. The van der Waals surface area contributed by atoms with Crippen molar-refractivity contribution in [1.29, 1.82) is 0 Å². The smallest absolute Gasteiger partial charge is 0.255 e. The number of amides is 1. The number of carbonyl (C=O) groups excluding carboxylic acids is 1. The highest BCUT2D eigenvalue weighted by molar-refractivity contribution is 7.12. The lowest BCUT2D eigenvalue weighted by molar-refractivity contribution is 0.0673. The van der Waals surface area contributed by atoms with Gasteiger partial charge in [-0.15, -0.1) is 36.2 Å². The number of thiazole rings is 1. The van der Waals surface area contributed by atoms with Gasteiger partial charge in [-0.1, -0.05) is 0 Å². The Labute approximate surface area is 165 Å².